The molecule has 0 bridgehead atoms. The van der Waals surface area contributed by atoms with Gasteiger partial charge < -0.3 is 26.4 Å². The topological polar surface area (TPSA) is 120 Å². The Balaban J connectivity index is 2.58. The average Bonchev–Trinajstić information content (AvgIpc) is 2.58. The number of nitrogens with one attached hydrogen (secondary N) is 4. The van der Waals surface area contributed by atoms with Gasteiger partial charge in [-0.25, -0.2) is 18.7 Å². The van der Waals surface area contributed by atoms with Crippen molar-refractivity contribution < 1.29 is 13.9 Å². The number of alkyl halides is 2. The average molecular weight is 384 g/mol. The van der Waals surface area contributed by atoms with Crippen molar-refractivity contribution in [1.29, 1.82) is 0 Å². The molecule has 9 nitrogen and oxygen atoms in total. The largest absolute Gasteiger partial charge is 0.389 e. The summed E-state index contributed by atoms with van der Waals surface area (Å²) in [5.41, 5.74) is -0.311. The molecule has 0 saturated carbocycles. The first-order valence-corrected chi connectivity index (χ1v) is 8.79. The van der Waals surface area contributed by atoms with Gasteiger partial charge in [0.1, 0.15) is 11.0 Å². The van der Waals surface area contributed by atoms with Crippen molar-refractivity contribution >= 4 is 34.6 Å². The van der Waals surface area contributed by atoms with Crippen LogP contribution in [0.3, 0.4) is 0 Å². The molecule has 11 heteroatoms. The van der Waals surface area contributed by atoms with Gasteiger partial charge in [-0.3, -0.25) is 0 Å². The maximum atomic E-state index is 12.7. The molecule has 5 N–H and O–H groups in total. The number of hydrogen-bond donors (Lipinski definition) is 5. The van der Waals surface area contributed by atoms with Crippen molar-refractivity contribution in [2.24, 2.45) is 0 Å². The fraction of sp³-hybridized carbons (Fsp3) is 0.625. The van der Waals surface area contributed by atoms with E-state index in [1.807, 2.05) is 13.8 Å². The van der Waals surface area contributed by atoms with Crippen molar-refractivity contribution in [1.82, 2.24) is 19.9 Å². The molecule has 0 amide bonds. The molecule has 0 aliphatic carbocycles. The van der Waals surface area contributed by atoms with Gasteiger partial charge in [0.15, 0.2) is 11.6 Å². The van der Waals surface area contributed by atoms with Gasteiger partial charge in [0.05, 0.1) is 12.1 Å². The number of halogens is 2. The van der Waals surface area contributed by atoms with Crippen LogP contribution in [0.2, 0.25) is 0 Å². The fourth-order valence-corrected chi connectivity index (χ4v) is 2.21. The first-order valence-electron chi connectivity index (χ1n) is 8.79. The first kappa shape index (κ1) is 20.7. The van der Waals surface area contributed by atoms with Crippen molar-refractivity contribution in [3.8, 4) is 0 Å². The van der Waals surface area contributed by atoms with E-state index >= 15 is 0 Å². The molecule has 2 rings (SSSR count). The normalized spacial score (nSPS) is 11.7. The minimum absolute atomic E-state index is 0.184. The molecule has 27 heavy (non-hydrogen) atoms. The number of aliphatic hydroxyl groups is 1. The Morgan fingerprint density at radius 2 is 1.33 bits per heavy atom. The van der Waals surface area contributed by atoms with Crippen molar-refractivity contribution in [2.75, 3.05) is 47.4 Å². The van der Waals surface area contributed by atoms with E-state index in [0.29, 0.717) is 35.9 Å². The molecular weight excluding hydrogens is 358 g/mol. The molecular formula is C16H26F2N8O. The van der Waals surface area contributed by atoms with E-state index in [4.69, 9.17) is 0 Å². The number of fused-ring (bicyclic) bond motifs is 1. The van der Waals surface area contributed by atoms with Crippen molar-refractivity contribution in [3.05, 3.63) is 0 Å². The summed E-state index contributed by atoms with van der Waals surface area (Å²) in [6.45, 7) is 7.85. The second kappa shape index (κ2) is 8.89. The minimum Gasteiger partial charge on any atom is -0.389 e. The predicted octanol–water partition coefficient (Wildman–Crippen LogP) is 2.14. The summed E-state index contributed by atoms with van der Waals surface area (Å²) in [7, 11) is 0. The van der Waals surface area contributed by atoms with Gasteiger partial charge in [-0.1, -0.05) is 0 Å². The van der Waals surface area contributed by atoms with Gasteiger partial charge in [-0.15, -0.1) is 0 Å². The van der Waals surface area contributed by atoms with Gasteiger partial charge >= 0.3 is 0 Å². The smallest absolute Gasteiger partial charge is 0.255 e. The molecule has 0 radical (unpaired) electrons. The molecule has 0 aromatic carbocycles. The van der Waals surface area contributed by atoms with Crippen molar-refractivity contribution in [2.45, 2.75) is 39.7 Å². The highest BCUT2D eigenvalue weighted by Crippen LogP contribution is 2.27. The lowest BCUT2D eigenvalue weighted by atomic mass is 10.1. The Bertz CT molecular complexity index is 766. The second-order valence-electron chi connectivity index (χ2n) is 6.49. The summed E-state index contributed by atoms with van der Waals surface area (Å²) in [6, 6.07) is 0. The van der Waals surface area contributed by atoms with Crippen LogP contribution >= 0.6 is 0 Å². The zero-order chi connectivity index (χ0) is 20.0. The summed E-state index contributed by atoms with van der Waals surface area (Å²) in [5, 5.41) is 21.6. The molecule has 2 aromatic heterocycles. The summed E-state index contributed by atoms with van der Waals surface area (Å²) in [6.07, 6.45) is -2.54. The molecule has 150 valence electrons. The Kier molecular flexibility index (Phi) is 6.83. The zero-order valence-corrected chi connectivity index (χ0v) is 15.9. The zero-order valence-electron chi connectivity index (χ0n) is 15.9. The summed E-state index contributed by atoms with van der Waals surface area (Å²) in [4.78, 5) is 17.4. The Labute approximate surface area is 156 Å². The summed E-state index contributed by atoms with van der Waals surface area (Å²) >= 11 is 0. The van der Waals surface area contributed by atoms with E-state index in [1.54, 1.807) is 13.8 Å². The highest BCUT2D eigenvalue weighted by atomic mass is 19.3. The molecule has 0 atom stereocenters. The Morgan fingerprint density at radius 3 is 1.74 bits per heavy atom. The van der Waals surface area contributed by atoms with Crippen LogP contribution in [0.4, 0.5) is 32.3 Å². The van der Waals surface area contributed by atoms with Gasteiger partial charge in [0.2, 0.25) is 11.9 Å². The predicted molar refractivity (Wildman–Crippen MR) is 103 cm³/mol. The Morgan fingerprint density at radius 1 is 0.852 bits per heavy atom. The van der Waals surface area contributed by atoms with E-state index in [-0.39, 0.29) is 18.3 Å². The van der Waals surface area contributed by atoms with E-state index in [9.17, 15) is 13.9 Å². The van der Waals surface area contributed by atoms with E-state index in [1.165, 1.54) is 0 Å². The van der Waals surface area contributed by atoms with Crippen LogP contribution in [0, 0.1) is 0 Å². The van der Waals surface area contributed by atoms with Gasteiger partial charge in [-0.2, -0.15) is 9.97 Å². The third-order valence-electron chi connectivity index (χ3n) is 3.33. The van der Waals surface area contributed by atoms with Gasteiger partial charge in [0.25, 0.3) is 6.43 Å². The minimum atomic E-state index is -2.54. The number of rotatable bonds is 10. The summed E-state index contributed by atoms with van der Waals surface area (Å²) in [5.74, 6) is 1.14. The van der Waals surface area contributed by atoms with E-state index in [2.05, 4.69) is 41.2 Å². The Hall–Kier alpha value is -2.56. The molecule has 0 fully saturated rings. The lowest BCUT2D eigenvalue weighted by molar-refractivity contribution is 0.0944. The summed E-state index contributed by atoms with van der Waals surface area (Å²) < 4.78 is 25.4. The van der Waals surface area contributed by atoms with Crippen LogP contribution in [-0.2, 0) is 0 Å². The highest BCUT2D eigenvalue weighted by molar-refractivity contribution is 5.94. The quantitative estimate of drug-likeness (QED) is 0.419. The number of nitrogens with zero attached hydrogens (tertiary/aromatic N) is 4. The first-order chi connectivity index (χ1) is 12.7. The molecule has 2 aromatic rings. The standard InChI is InChI=1S/C16H26F2N8O/c1-5-19-14-24-11-10(12(25-14)21-7-9(17)18)23-15(20-6-2)26-13(11)22-8-16(3,4)27/h9,27H,5-8H2,1-4H3,(H2,19,21,24,25)(H2,20,22,23,26). The molecule has 0 spiro atoms. The second-order valence-corrected chi connectivity index (χ2v) is 6.49. The lowest BCUT2D eigenvalue weighted by Crippen LogP contribution is -2.30. The fourth-order valence-electron chi connectivity index (χ4n) is 2.21. The SMILES string of the molecule is CCNc1nc(NCC(C)(C)O)c2nc(NCC)nc(NCC(F)F)c2n1. The third-order valence-corrected chi connectivity index (χ3v) is 3.33. The molecule has 0 saturated heterocycles. The molecule has 2 heterocycles. The third kappa shape index (κ3) is 5.98. The number of aromatic nitrogens is 4. The number of hydrogen-bond acceptors (Lipinski definition) is 9. The number of anilines is 4. The van der Waals surface area contributed by atoms with Crippen LogP contribution in [0.5, 0.6) is 0 Å². The maximum absolute atomic E-state index is 12.7. The van der Waals surface area contributed by atoms with Crippen LogP contribution in [0.15, 0.2) is 0 Å². The van der Waals surface area contributed by atoms with E-state index in [0.717, 1.165) is 0 Å². The van der Waals surface area contributed by atoms with Gasteiger partial charge in [-0.05, 0) is 27.7 Å². The maximum Gasteiger partial charge on any atom is 0.255 e. The van der Waals surface area contributed by atoms with Gasteiger partial charge in [0, 0.05) is 19.6 Å². The van der Waals surface area contributed by atoms with E-state index < -0.39 is 18.6 Å². The van der Waals surface area contributed by atoms with Crippen molar-refractivity contribution in [3.63, 3.8) is 0 Å². The van der Waals surface area contributed by atoms with Crippen LogP contribution in [0.25, 0.3) is 11.0 Å². The molecule has 0 aliphatic rings. The van der Waals surface area contributed by atoms with Crippen LogP contribution < -0.4 is 21.3 Å². The lowest BCUT2D eigenvalue weighted by Gasteiger charge is -2.19. The molecule has 0 unspecified atom stereocenters. The van der Waals surface area contributed by atoms with Crippen LogP contribution in [-0.4, -0.2) is 63.2 Å². The highest BCUT2D eigenvalue weighted by Gasteiger charge is 2.19. The monoisotopic (exact) mass is 384 g/mol. The molecule has 0 aliphatic heterocycles. The van der Waals surface area contributed by atoms with Crippen LogP contribution in [0.1, 0.15) is 27.7 Å².